The summed E-state index contributed by atoms with van der Waals surface area (Å²) in [5.74, 6) is -0.858. The van der Waals surface area contributed by atoms with Crippen LogP contribution in [0.15, 0.2) is 29.3 Å². The van der Waals surface area contributed by atoms with Crippen molar-refractivity contribution in [2.45, 2.75) is 43.9 Å². The molecule has 1 saturated heterocycles. The van der Waals surface area contributed by atoms with E-state index in [-0.39, 0.29) is 36.6 Å². The molecule has 2 aromatic rings. The Kier molecular flexibility index (Phi) is 9.01. The Bertz CT molecular complexity index is 1190. The van der Waals surface area contributed by atoms with Crippen LogP contribution < -0.4 is 9.80 Å². The molecule has 0 radical (unpaired) electrons. The third kappa shape index (κ3) is 7.08. The zero-order valence-electron chi connectivity index (χ0n) is 21.3. The van der Waals surface area contributed by atoms with Gasteiger partial charge in [-0.3, -0.25) is 0 Å². The Labute approximate surface area is 214 Å². The second-order valence-corrected chi connectivity index (χ2v) is 11.7. The number of hydrogen-bond acceptors (Lipinski definition) is 8. The van der Waals surface area contributed by atoms with E-state index >= 15 is 0 Å². The monoisotopic (exact) mass is 547 g/mol. The molecule has 37 heavy (non-hydrogen) atoms. The van der Waals surface area contributed by atoms with Crippen molar-refractivity contribution in [3.63, 3.8) is 0 Å². The zero-order chi connectivity index (χ0) is 27.5. The minimum Gasteiger partial charge on any atom is -0.396 e. The van der Waals surface area contributed by atoms with Crippen molar-refractivity contribution in [2.75, 3.05) is 55.9 Å². The molecule has 0 saturated carbocycles. The highest BCUT2D eigenvalue weighted by Gasteiger charge is 2.38. The van der Waals surface area contributed by atoms with E-state index in [2.05, 4.69) is 9.97 Å². The van der Waals surface area contributed by atoms with Crippen LogP contribution in [0.3, 0.4) is 0 Å². The molecule has 1 aromatic heterocycles. The van der Waals surface area contributed by atoms with Crippen LogP contribution in [0.2, 0.25) is 0 Å². The van der Waals surface area contributed by atoms with Crippen LogP contribution in [-0.4, -0.2) is 80.5 Å². The molecule has 13 heteroatoms. The third-order valence-electron chi connectivity index (χ3n) is 6.38. The highest BCUT2D eigenvalue weighted by molar-refractivity contribution is 7.90. The van der Waals surface area contributed by atoms with Crippen molar-refractivity contribution < 1.29 is 31.1 Å². The number of sulfone groups is 1. The van der Waals surface area contributed by atoms with Gasteiger partial charge in [-0.1, -0.05) is 13.8 Å². The molecule has 0 unspecified atom stereocenters. The minimum atomic E-state index is -4.67. The number of nitrogens with zero attached hydrogens (tertiary/aromatic N) is 5. The number of alkyl halides is 3. The van der Waals surface area contributed by atoms with E-state index in [1.54, 1.807) is 16.8 Å². The molecule has 1 fully saturated rings. The van der Waals surface area contributed by atoms with Crippen molar-refractivity contribution in [3.05, 3.63) is 41.5 Å². The van der Waals surface area contributed by atoms with Gasteiger partial charge in [0.15, 0.2) is 15.5 Å². The topological polar surface area (TPSA) is 89.9 Å². The molecule has 0 aliphatic carbocycles. The van der Waals surface area contributed by atoms with Crippen molar-refractivity contribution in [3.8, 4) is 0 Å². The van der Waals surface area contributed by atoms with E-state index in [0.29, 0.717) is 38.3 Å². The highest BCUT2D eigenvalue weighted by atomic mass is 32.2. The first-order chi connectivity index (χ1) is 17.2. The number of rotatable bonds is 9. The van der Waals surface area contributed by atoms with Crippen molar-refractivity contribution in [1.29, 1.82) is 0 Å². The molecular formula is C24H33F4N5O3S. The number of aliphatic hydroxyl groups excluding tert-OH is 1. The van der Waals surface area contributed by atoms with Crippen molar-refractivity contribution in [2.24, 2.45) is 5.92 Å². The van der Waals surface area contributed by atoms with Gasteiger partial charge in [0.25, 0.3) is 0 Å². The molecule has 1 aliphatic rings. The molecule has 2 heterocycles. The molecule has 1 aliphatic heterocycles. The van der Waals surface area contributed by atoms with Crippen LogP contribution >= 0.6 is 0 Å². The Hall–Kier alpha value is -2.51. The maximum Gasteiger partial charge on any atom is 0.433 e. The molecule has 206 valence electrons. The predicted molar refractivity (Wildman–Crippen MR) is 133 cm³/mol. The highest BCUT2D eigenvalue weighted by Crippen LogP contribution is 2.34. The lowest BCUT2D eigenvalue weighted by Gasteiger charge is -2.44. The maximum atomic E-state index is 14.1. The summed E-state index contributed by atoms with van der Waals surface area (Å²) in [7, 11) is -2.10. The first kappa shape index (κ1) is 29.1. The van der Waals surface area contributed by atoms with Crippen LogP contribution in [0.5, 0.6) is 0 Å². The molecule has 0 spiro atoms. The normalized spacial score (nSPS) is 17.2. The molecule has 1 N–H and O–H groups in total. The second-order valence-electron chi connectivity index (χ2n) is 9.69. The van der Waals surface area contributed by atoms with Gasteiger partial charge in [-0.15, -0.1) is 0 Å². The average Bonchev–Trinajstić information content (AvgIpc) is 2.81. The Morgan fingerprint density at radius 2 is 1.95 bits per heavy atom. The second kappa shape index (κ2) is 11.5. The van der Waals surface area contributed by atoms with Gasteiger partial charge in [-0.05, 0) is 37.6 Å². The maximum absolute atomic E-state index is 14.1. The number of benzene rings is 1. The number of hydrogen-bond donors (Lipinski definition) is 1. The van der Waals surface area contributed by atoms with Gasteiger partial charge in [0.1, 0.15) is 10.7 Å². The number of halogens is 4. The number of aliphatic hydroxyl groups is 1. The smallest absolute Gasteiger partial charge is 0.396 e. The third-order valence-corrected chi connectivity index (χ3v) is 7.49. The molecule has 0 bridgehead atoms. The van der Waals surface area contributed by atoms with E-state index in [1.807, 2.05) is 18.7 Å². The van der Waals surface area contributed by atoms with Crippen LogP contribution in [0.1, 0.15) is 31.5 Å². The fraction of sp³-hybridized carbons (Fsp3) is 0.583. The van der Waals surface area contributed by atoms with Crippen molar-refractivity contribution in [1.82, 2.24) is 14.9 Å². The summed E-state index contributed by atoms with van der Waals surface area (Å²) in [5.41, 5.74) is -0.518. The summed E-state index contributed by atoms with van der Waals surface area (Å²) in [6.07, 6.45) is -2.08. The van der Waals surface area contributed by atoms with Gasteiger partial charge in [-0.2, -0.15) is 13.2 Å². The fourth-order valence-corrected chi connectivity index (χ4v) is 5.20. The summed E-state index contributed by atoms with van der Waals surface area (Å²) in [4.78, 5) is 13.2. The van der Waals surface area contributed by atoms with Crippen molar-refractivity contribution >= 4 is 21.5 Å². The molecule has 1 aromatic carbocycles. The molecule has 0 amide bonds. The van der Waals surface area contributed by atoms with Gasteiger partial charge in [-0.25, -0.2) is 22.8 Å². The summed E-state index contributed by atoms with van der Waals surface area (Å²) in [6, 6.07) is 3.62. The Balaban J connectivity index is 1.90. The lowest BCUT2D eigenvalue weighted by molar-refractivity contribution is -0.142. The Morgan fingerprint density at radius 1 is 1.24 bits per heavy atom. The zero-order valence-corrected chi connectivity index (χ0v) is 22.2. The standard InChI is InChI=1S/C24H33F4N5O3S/c1-16(2)20-15-32(18-6-7-19(25)21(12-18)37(4,35)36)9-10-33(20)23-29-13-17(14-31(3)8-5-11-34)22(30-23)24(26,27)28/h6-7,12-13,16,20,34H,5,8-11,14-15H2,1-4H3/t20-/m0/s1. The first-order valence-electron chi connectivity index (χ1n) is 12.0. The largest absolute Gasteiger partial charge is 0.433 e. The van der Waals surface area contributed by atoms with Crippen LogP contribution in [0.4, 0.5) is 29.2 Å². The summed E-state index contributed by atoms with van der Waals surface area (Å²) >= 11 is 0. The quantitative estimate of drug-likeness (QED) is 0.479. The molecule has 1 atom stereocenters. The predicted octanol–water partition coefficient (Wildman–Crippen LogP) is 3.20. The van der Waals surface area contributed by atoms with Crippen LogP contribution in [0, 0.1) is 11.7 Å². The summed E-state index contributed by atoms with van der Waals surface area (Å²) < 4.78 is 79.9. The van der Waals surface area contributed by atoms with E-state index < -0.39 is 32.4 Å². The first-order valence-corrected chi connectivity index (χ1v) is 13.8. The van der Waals surface area contributed by atoms with Gasteiger partial charge in [0.05, 0.1) is 6.04 Å². The SMILES string of the molecule is CC(C)[C@@H]1CN(c2ccc(F)c(S(C)(=O)=O)c2)CCN1c1ncc(CN(C)CCCO)c(C(F)(F)F)n1. The average molecular weight is 548 g/mol. The van der Waals surface area contributed by atoms with Crippen LogP contribution in [-0.2, 0) is 22.6 Å². The van der Waals surface area contributed by atoms with Gasteiger partial charge < -0.3 is 19.8 Å². The van der Waals surface area contributed by atoms with E-state index in [1.165, 1.54) is 18.3 Å². The number of anilines is 2. The molecule has 8 nitrogen and oxygen atoms in total. The van der Waals surface area contributed by atoms with E-state index in [9.17, 15) is 26.0 Å². The lowest BCUT2D eigenvalue weighted by atomic mass is 9.99. The van der Waals surface area contributed by atoms with Gasteiger partial charge in [0.2, 0.25) is 5.95 Å². The number of aromatic nitrogens is 2. The number of piperazine rings is 1. The minimum absolute atomic E-state index is 0.000134. The fourth-order valence-electron chi connectivity index (χ4n) is 4.44. The molecular weight excluding hydrogens is 514 g/mol. The summed E-state index contributed by atoms with van der Waals surface area (Å²) in [5, 5.41) is 8.98. The Morgan fingerprint density at radius 3 is 2.54 bits per heavy atom. The molecule has 3 rings (SSSR count). The van der Waals surface area contributed by atoms with Gasteiger partial charge >= 0.3 is 6.18 Å². The van der Waals surface area contributed by atoms with E-state index in [4.69, 9.17) is 5.11 Å². The van der Waals surface area contributed by atoms with Gasteiger partial charge in [0, 0.05) is 63.0 Å². The van der Waals surface area contributed by atoms with E-state index in [0.717, 1.165) is 12.3 Å². The lowest BCUT2D eigenvalue weighted by Crippen LogP contribution is -2.56. The summed E-state index contributed by atoms with van der Waals surface area (Å²) in [6.45, 7) is 5.24. The van der Waals surface area contributed by atoms with Crippen LogP contribution in [0.25, 0.3) is 0 Å².